The van der Waals surface area contributed by atoms with Gasteiger partial charge in [-0.1, -0.05) is 24.3 Å². The number of nitrogens with zero attached hydrogens (tertiary/aromatic N) is 3. The average molecular weight is 436 g/mol. The lowest BCUT2D eigenvalue weighted by atomic mass is 10.1. The van der Waals surface area contributed by atoms with Gasteiger partial charge in [-0.3, -0.25) is 14.5 Å². The van der Waals surface area contributed by atoms with E-state index in [1.165, 1.54) is 5.56 Å². The Balaban J connectivity index is 1.25. The van der Waals surface area contributed by atoms with Gasteiger partial charge in [-0.05, 0) is 29.3 Å². The molecule has 0 saturated carbocycles. The van der Waals surface area contributed by atoms with Gasteiger partial charge in [0.1, 0.15) is 18.1 Å². The second-order valence-corrected chi connectivity index (χ2v) is 8.75. The highest BCUT2D eigenvalue weighted by Crippen LogP contribution is 2.31. The van der Waals surface area contributed by atoms with Crippen LogP contribution in [0.1, 0.15) is 23.6 Å². The summed E-state index contributed by atoms with van der Waals surface area (Å²) in [7, 11) is 0. The minimum atomic E-state index is -0.463. The second kappa shape index (κ2) is 8.82. The molecule has 5 rings (SSSR count). The van der Waals surface area contributed by atoms with Gasteiger partial charge in [-0.15, -0.1) is 0 Å². The fourth-order valence-electron chi connectivity index (χ4n) is 4.74. The number of hydrogen-bond donors (Lipinski definition) is 0. The molecular weight excluding hydrogens is 406 g/mol. The van der Waals surface area contributed by atoms with Crippen molar-refractivity contribution in [2.24, 2.45) is 0 Å². The molecule has 0 aliphatic carbocycles. The van der Waals surface area contributed by atoms with Crippen LogP contribution in [0.5, 0.6) is 11.5 Å². The second-order valence-electron chi connectivity index (χ2n) is 8.75. The summed E-state index contributed by atoms with van der Waals surface area (Å²) in [5.41, 5.74) is 3.32. The molecule has 168 valence electrons. The Morgan fingerprint density at radius 3 is 2.53 bits per heavy atom. The van der Waals surface area contributed by atoms with Crippen molar-refractivity contribution in [2.75, 3.05) is 39.3 Å². The maximum Gasteiger partial charge on any atom is 0.264 e. The minimum absolute atomic E-state index is 0.0170. The maximum absolute atomic E-state index is 13.2. The van der Waals surface area contributed by atoms with Crippen LogP contribution in [0.3, 0.4) is 0 Å². The van der Waals surface area contributed by atoms with E-state index < -0.39 is 6.10 Å². The SMILES string of the molecule is CC(=O)N1CCN(Cc2ccc3c(c2)CN(C(=O)C2Cc4ccccc4O2)CCO3)CC1. The van der Waals surface area contributed by atoms with Crippen molar-refractivity contribution >= 4 is 11.8 Å². The van der Waals surface area contributed by atoms with Crippen LogP contribution >= 0.6 is 0 Å². The predicted octanol–water partition coefficient (Wildman–Crippen LogP) is 2.08. The third kappa shape index (κ3) is 4.30. The molecule has 3 aliphatic rings. The highest BCUT2D eigenvalue weighted by Gasteiger charge is 2.33. The lowest BCUT2D eigenvalue weighted by Crippen LogP contribution is -2.47. The number of rotatable bonds is 3. The van der Waals surface area contributed by atoms with E-state index in [9.17, 15) is 9.59 Å². The molecule has 32 heavy (non-hydrogen) atoms. The largest absolute Gasteiger partial charge is 0.491 e. The maximum atomic E-state index is 13.2. The van der Waals surface area contributed by atoms with Crippen LogP contribution in [0, 0.1) is 0 Å². The van der Waals surface area contributed by atoms with Crippen LogP contribution in [0.2, 0.25) is 0 Å². The van der Waals surface area contributed by atoms with Crippen molar-refractivity contribution in [3.05, 3.63) is 59.2 Å². The van der Waals surface area contributed by atoms with Gasteiger partial charge in [-0.25, -0.2) is 0 Å². The summed E-state index contributed by atoms with van der Waals surface area (Å²) in [5, 5.41) is 0. The van der Waals surface area contributed by atoms with Crippen LogP contribution in [0.25, 0.3) is 0 Å². The zero-order valence-electron chi connectivity index (χ0n) is 18.5. The highest BCUT2D eigenvalue weighted by atomic mass is 16.5. The third-order valence-electron chi connectivity index (χ3n) is 6.56. The Labute approximate surface area is 188 Å². The summed E-state index contributed by atoms with van der Waals surface area (Å²) < 4.78 is 11.9. The molecular formula is C25H29N3O4. The van der Waals surface area contributed by atoms with E-state index in [4.69, 9.17) is 9.47 Å². The predicted molar refractivity (Wildman–Crippen MR) is 119 cm³/mol. The zero-order chi connectivity index (χ0) is 22.1. The van der Waals surface area contributed by atoms with Crippen LogP contribution < -0.4 is 9.47 Å². The molecule has 1 unspecified atom stereocenters. The Hall–Kier alpha value is -3.06. The van der Waals surface area contributed by atoms with Gasteiger partial charge in [0.2, 0.25) is 5.91 Å². The summed E-state index contributed by atoms with van der Waals surface area (Å²) in [6, 6.07) is 14.1. The van der Waals surface area contributed by atoms with E-state index in [0.29, 0.717) is 26.1 Å². The van der Waals surface area contributed by atoms with E-state index >= 15 is 0 Å². The molecule has 2 aromatic rings. The summed E-state index contributed by atoms with van der Waals surface area (Å²) in [5.74, 6) is 1.82. The molecule has 1 saturated heterocycles. The van der Waals surface area contributed by atoms with Gasteiger partial charge in [-0.2, -0.15) is 0 Å². The Morgan fingerprint density at radius 2 is 1.75 bits per heavy atom. The van der Waals surface area contributed by atoms with Crippen molar-refractivity contribution in [1.82, 2.24) is 14.7 Å². The molecule has 2 amide bonds. The molecule has 7 nitrogen and oxygen atoms in total. The van der Waals surface area contributed by atoms with Crippen LogP contribution in [0.4, 0.5) is 0 Å². The number of hydrogen-bond acceptors (Lipinski definition) is 5. The normalized spacial score (nSPS) is 20.6. The number of amides is 2. The van der Waals surface area contributed by atoms with E-state index in [1.54, 1.807) is 6.92 Å². The summed E-state index contributed by atoms with van der Waals surface area (Å²) >= 11 is 0. The molecule has 7 heteroatoms. The van der Waals surface area contributed by atoms with Crippen molar-refractivity contribution < 1.29 is 19.1 Å². The van der Waals surface area contributed by atoms with E-state index in [1.807, 2.05) is 40.1 Å². The van der Waals surface area contributed by atoms with E-state index in [-0.39, 0.29) is 11.8 Å². The topological polar surface area (TPSA) is 62.3 Å². The number of fused-ring (bicyclic) bond motifs is 2. The van der Waals surface area contributed by atoms with Gasteiger partial charge in [0.15, 0.2) is 6.10 Å². The first-order valence-electron chi connectivity index (χ1n) is 11.3. The molecule has 3 heterocycles. The van der Waals surface area contributed by atoms with Gasteiger partial charge in [0, 0.05) is 58.2 Å². The molecule has 1 fully saturated rings. The quantitative estimate of drug-likeness (QED) is 0.739. The molecule has 0 radical (unpaired) electrons. The fraction of sp³-hybridized carbons (Fsp3) is 0.440. The molecule has 0 aromatic heterocycles. The molecule has 0 N–H and O–H groups in total. The number of para-hydroxylation sites is 1. The van der Waals surface area contributed by atoms with Crippen LogP contribution in [0.15, 0.2) is 42.5 Å². The highest BCUT2D eigenvalue weighted by molar-refractivity contribution is 5.83. The number of carbonyl (C=O) groups is 2. The van der Waals surface area contributed by atoms with Crippen molar-refractivity contribution in [3.63, 3.8) is 0 Å². The Kier molecular flexibility index (Phi) is 5.74. The Bertz CT molecular complexity index is 991. The standard InChI is InChI=1S/C25H29N3O4/c1-18(29)27-10-8-26(9-11-27)16-19-6-7-22-21(14-19)17-28(12-13-31-22)25(30)24-15-20-4-2-3-5-23(20)32-24/h2-7,14,24H,8-13,15-17H2,1H3. The first-order valence-corrected chi connectivity index (χ1v) is 11.3. The first kappa shape index (κ1) is 20.8. The molecule has 2 aromatic carbocycles. The fourth-order valence-corrected chi connectivity index (χ4v) is 4.74. The van der Waals surface area contributed by atoms with Gasteiger partial charge in [0.05, 0.1) is 6.54 Å². The molecule has 3 aliphatic heterocycles. The zero-order valence-corrected chi connectivity index (χ0v) is 18.5. The third-order valence-corrected chi connectivity index (χ3v) is 6.56. The van der Waals surface area contributed by atoms with Gasteiger partial charge in [0.25, 0.3) is 5.91 Å². The molecule has 1 atom stereocenters. The number of ether oxygens (including phenoxy) is 2. The van der Waals surface area contributed by atoms with E-state index in [0.717, 1.165) is 55.3 Å². The van der Waals surface area contributed by atoms with Gasteiger partial charge >= 0.3 is 0 Å². The number of carbonyl (C=O) groups excluding carboxylic acids is 2. The lowest BCUT2D eigenvalue weighted by Gasteiger charge is -2.34. The lowest BCUT2D eigenvalue weighted by molar-refractivity contribution is -0.138. The summed E-state index contributed by atoms with van der Waals surface area (Å²) in [6.45, 7) is 7.30. The number of piperazine rings is 1. The monoisotopic (exact) mass is 435 g/mol. The molecule has 0 bridgehead atoms. The number of benzene rings is 2. The van der Waals surface area contributed by atoms with Crippen molar-refractivity contribution in [1.29, 1.82) is 0 Å². The average Bonchev–Trinajstić information content (AvgIpc) is 3.12. The summed E-state index contributed by atoms with van der Waals surface area (Å²) in [6.07, 6.45) is 0.153. The Morgan fingerprint density at radius 1 is 0.938 bits per heavy atom. The smallest absolute Gasteiger partial charge is 0.264 e. The molecule has 0 spiro atoms. The summed E-state index contributed by atoms with van der Waals surface area (Å²) in [4.78, 5) is 30.9. The first-order chi connectivity index (χ1) is 15.6. The van der Waals surface area contributed by atoms with Gasteiger partial charge < -0.3 is 19.3 Å². The van der Waals surface area contributed by atoms with E-state index in [2.05, 4.69) is 17.0 Å². The minimum Gasteiger partial charge on any atom is -0.491 e. The van der Waals surface area contributed by atoms with Crippen LogP contribution in [-0.4, -0.2) is 71.9 Å². The van der Waals surface area contributed by atoms with Crippen molar-refractivity contribution in [2.45, 2.75) is 32.5 Å². The van der Waals surface area contributed by atoms with Crippen LogP contribution in [-0.2, 0) is 29.1 Å². The van der Waals surface area contributed by atoms with Crippen molar-refractivity contribution in [3.8, 4) is 11.5 Å².